The van der Waals surface area contributed by atoms with Crippen molar-refractivity contribution in [2.45, 2.75) is 18.0 Å². The van der Waals surface area contributed by atoms with Crippen molar-refractivity contribution in [1.29, 1.82) is 0 Å². The second-order valence-corrected chi connectivity index (χ2v) is 4.81. The van der Waals surface area contributed by atoms with Crippen molar-refractivity contribution in [2.75, 3.05) is 5.32 Å². The van der Waals surface area contributed by atoms with Crippen LogP contribution in [0.15, 0.2) is 24.3 Å². The first-order valence-corrected chi connectivity index (χ1v) is 6.34. The lowest BCUT2D eigenvalue weighted by Crippen LogP contribution is -2.50. The summed E-state index contributed by atoms with van der Waals surface area (Å²) in [5.41, 5.74) is -7.56. The molecule has 0 spiro atoms. The van der Waals surface area contributed by atoms with Gasteiger partial charge in [0.05, 0.1) is 0 Å². The Bertz CT molecular complexity index is 751. The summed E-state index contributed by atoms with van der Waals surface area (Å²) >= 11 is 0. The third-order valence-electron chi connectivity index (χ3n) is 3.17. The predicted octanol–water partition coefficient (Wildman–Crippen LogP) is 2.75. The third kappa shape index (κ3) is 3.25. The number of nitrogens with one attached hydrogen (secondary N) is 1. The van der Waals surface area contributed by atoms with Crippen LogP contribution in [-0.4, -0.2) is 38.5 Å². The fraction of sp³-hybridized carbons (Fsp3) is 0.333. The molecule has 136 valence electrons. The van der Waals surface area contributed by atoms with Gasteiger partial charge >= 0.3 is 18.0 Å². The maximum absolute atomic E-state index is 13.8. The van der Waals surface area contributed by atoms with Crippen LogP contribution >= 0.6 is 0 Å². The van der Waals surface area contributed by atoms with Gasteiger partial charge in [-0.25, -0.2) is 9.07 Å². The Labute approximate surface area is 134 Å². The van der Waals surface area contributed by atoms with Gasteiger partial charge in [0.1, 0.15) is 0 Å². The van der Waals surface area contributed by atoms with Gasteiger partial charge in [0.2, 0.25) is 5.95 Å². The van der Waals surface area contributed by atoms with Gasteiger partial charge in [-0.2, -0.15) is 26.3 Å². The number of halogens is 7. The van der Waals surface area contributed by atoms with E-state index in [9.17, 15) is 35.5 Å². The lowest BCUT2D eigenvalue weighted by Gasteiger charge is -2.30. The van der Waals surface area contributed by atoms with Gasteiger partial charge in [0.15, 0.2) is 0 Å². The fourth-order valence-electron chi connectivity index (χ4n) is 1.85. The Hall–Kier alpha value is -2.73. The Kier molecular flexibility index (Phi) is 4.44. The van der Waals surface area contributed by atoms with Gasteiger partial charge in [0, 0.05) is 18.2 Å². The van der Waals surface area contributed by atoms with Gasteiger partial charge in [-0.3, -0.25) is 10.1 Å². The van der Waals surface area contributed by atoms with E-state index in [0.717, 1.165) is 4.68 Å². The summed E-state index contributed by atoms with van der Waals surface area (Å²) in [6, 6.07) is 1.73. The van der Waals surface area contributed by atoms with Crippen molar-refractivity contribution in [3.63, 3.8) is 0 Å². The minimum Gasteiger partial charge on any atom is -0.289 e. The van der Waals surface area contributed by atoms with Crippen molar-refractivity contribution in [3.05, 3.63) is 35.4 Å². The van der Waals surface area contributed by atoms with E-state index in [4.69, 9.17) is 0 Å². The Balaban J connectivity index is 2.32. The van der Waals surface area contributed by atoms with Crippen LogP contribution in [-0.2, 0) is 12.7 Å². The molecule has 1 heterocycles. The van der Waals surface area contributed by atoms with Gasteiger partial charge in [-0.05, 0) is 22.6 Å². The van der Waals surface area contributed by atoms with Crippen molar-refractivity contribution in [1.82, 2.24) is 20.2 Å². The number of tetrazole rings is 1. The summed E-state index contributed by atoms with van der Waals surface area (Å²) in [6.07, 6.45) is -12.4. The van der Waals surface area contributed by atoms with E-state index < -0.39 is 29.5 Å². The van der Waals surface area contributed by atoms with Gasteiger partial charge < -0.3 is 0 Å². The SMILES string of the molecule is Cn1nnnc1NC(=O)c1ccc(C(F)(C(F)(F)F)C(F)(F)F)cc1. The molecular weight excluding hydrogens is 363 g/mol. The normalized spacial score (nSPS) is 13.0. The lowest BCUT2D eigenvalue weighted by atomic mass is 9.93. The first-order valence-electron chi connectivity index (χ1n) is 6.34. The average molecular weight is 371 g/mol. The Morgan fingerprint density at radius 3 is 1.92 bits per heavy atom. The van der Waals surface area contributed by atoms with Crippen molar-refractivity contribution in [3.8, 4) is 0 Å². The molecule has 13 heteroatoms. The minimum atomic E-state index is -6.22. The largest absolute Gasteiger partial charge is 0.435 e. The smallest absolute Gasteiger partial charge is 0.289 e. The molecule has 0 atom stereocenters. The molecule has 1 aromatic heterocycles. The molecular formula is C12H8F7N5O. The summed E-state index contributed by atoms with van der Waals surface area (Å²) < 4.78 is 90.8. The topological polar surface area (TPSA) is 72.7 Å². The zero-order valence-corrected chi connectivity index (χ0v) is 12.2. The van der Waals surface area contributed by atoms with E-state index in [-0.39, 0.29) is 23.6 Å². The first-order chi connectivity index (χ1) is 11.4. The third-order valence-corrected chi connectivity index (χ3v) is 3.17. The summed E-state index contributed by atoms with van der Waals surface area (Å²) in [5.74, 6) is -1.02. The van der Waals surface area contributed by atoms with Crippen LogP contribution in [0.1, 0.15) is 15.9 Å². The second kappa shape index (κ2) is 5.97. The Morgan fingerprint density at radius 2 is 1.52 bits per heavy atom. The van der Waals surface area contributed by atoms with E-state index in [0.29, 0.717) is 12.1 Å². The van der Waals surface area contributed by atoms with Gasteiger partial charge in [-0.1, -0.05) is 17.2 Å². The summed E-state index contributed by atoms with van der Waals surface area (Å²) in [4.78, 5) is 11.9. The minimum absolute atomic E-state index is 0.112. The summed E-state index contributed by atoms with van der Waals surface area (Å²) in [7, 11) is 1.38. The summed E-state index contributed by atoms with van der Waals surface area (Å²) in [6.45, 7) is 0. The number of alkyl halides is 7. The van der Waals surface area contributed by atoms with Crippen LogP contribution in [0, 0.1) is 0 Å². The van der Waals surface area contributed by atoms with E-state index in [1.54, 1.807) is 0 Å². The molecule has 2 aromatic rings. The number of anilines is 1. The first kappa shape index (κ1) is 18.6. The van der Waals surface area contributed by atoms with Crippen LogP contribution in [0.4, 0.5) is 36.7 Å². The molecule has 1 aromatic carbocycles. The zero-order valence-electron chi connectivity index (χ0n) is 12.2. The molecule has 25 heavy (non-hydrogen) atoms. The number of carbonyl (C=O) groups is 1. The quantitative estimate of drug-likeness (QED) is 0.843. The number of hydrogen-bond donors (Lipinski definition) is 1. The molecule has 1 N–H and O–H groups in total. The van der Waals surface area contributed by atoms with E-state index in [2.05, 4.69) is 20.8 Å². The van der Waals surface area contributed by atoms with Crippen LogP contribution in [0.5, 0.6) is 0 Å². The van der Waals surface area contributed by atoms with Crippen LogP contribution in [0.3, 0.4) is 0 Å². The zero-order chi connectivity index (χ0) is 19.0. The summed E-state index contributed by atoms with van der Waals surface area (Å²) in [5, 5.41) is 12.2. The molecule has 0 saturated heterocycles. The number of aryl methyl sites for hydroxylation is 1. The number of nitrogens with zero attached hydrogens (tertiary/aromatic N) is 4. The molecule has 0 aliphatic rings. The van der Waals surface area contributed by atoms with Crippen LogP contribution in [0.25, 0.3) is 0 Å². The standard InChI is InChI=1S/C12H8F7N5O/c1-24-9(21-22-23-24)20-8(25)6-2-4-7(5-3-6)10(13,11(14,15)16)12(17,18)19/h2-5H,1H3,(H,20,21,23,25). The van der Waals surface area contributed by atoms with Crippen molar-refractivity contribution in [2.24, 2.45) is 7.05 Å². The Morgan fingerprint density at radius 1 is 1.00 bits per heavy atom. The highest BCUT2D eigenvalue weighted by atomic mass is 19.4. The maximum Gasteiger partial charge on any atom is 0.435 e. The number of aromatic nitrogens is 4. The molecule has 0 saturated carbocycles. The van der Waals surface area contributed by atoms with Crippen LogP contribution < -0.4 is 5.32 Å². The number of amides is 1. The molecule has 0 aliphatic carbocycles. The molecule has 2 rings (SSSR count). The molecule has 0 fully saturated rings. The maximum atomic E-state index is 13.8. The number of benzene rings is 1. The monoisotopic (exact) mass is 371 g/mol. The molecule has 0 unspecified atom stereocenters. The molecule has 0 radical (unpaired) electrons. The van der Waals surface area contributed by atoms with E-state index in [1.807, 2.05) is 0 Å². The van der Waals surface area contributed by atoms with E-state index in [1.165, 1.54) is 7.05 Å². The molecule has 0 aliphatic heterocycles. The second-order valence-electron chi connectivity index (χ2n) is 4.81. The molecule has 1 amide bonds. The highest BCUT2D eigenvalue weighted by molar-refractivity contribution is 6.03. The molecule has 0 bridgehead atoms. The van der Waals surface area contributed by atoms with E-state index >= 15 is 0 Å². The van der Waals surface area contributed by atoms with Crippen LogP contribution in [0.2, 0.25) is 0 Å². The van der Waals surface area contributed by atoms with Gasteiger partial charge in [-0.15, -0.1) is 0 Å². The highest BCUT2D eigenvalue weighted by Gasteiger charge is 2.73. The van der Waals surface area contributed by atoms with Crippen molar-refractivity contribution < 1.29 is 35.5 Å². The van der Waals surface area contributed by atoms with Gasteiger partial charge in [0.25, 0.3) is 5.91 Å². The highest BCUT2D eigenvalue weighted by Crippen LogP contribution is 2.53. The van der Waals surface area contributed by atoms with Crippen molar-refractivity contribution >= 4 is 11.9 Å². The molecule has 6 nitrogen and oxygen atoms in total. The fourth-order valence-corrected chi connectivity index (χ4v) is 1.85. The lowest BCUT2D eigenvalue weighted by molar-refractivity contribution is -0.348. The number of hydrogen-bond acceptors (Lipinski definition) is 4. The average Bonchev–Trinajstić information content (AvgIpc) is 2.89. The number of carbonyl (C=O) groups excluding carboxylic acids is 1. The predicted molar refractivity (Wildman–Crippen MR) is 68.1 cm³/mol. The number of rotatable bonds is 3.